The van der Waals surface area contributed by atoms with Gasteiger partial charge in [0.1, 0.15) is 5.60 Å². The monoisotopic (exact) mass is 400 g/mol. The Morgan fingerprint density at radius 2 is 1.93 bits per heavy atom. The van der Waals surface area contributed by atoms with Crippen molar-refractivity contribution >= 4 is 11.6 Å². The quantitative estimate of drug-likeness (QED) is 0.761. The lowest BCUT2D eigenvalue weighted by atomic mass is 9.92. The van der Waals surface area contributed by atoms with E-state index in [0.717, 1.165) is 54.3 Å². The summed E-state index contributed by atoms with van der Waals surface area (Å²) in [7, 11) is 1.79. The largest absolute Gasteiger partial charge is 0.384 e. The van der Waals surface area contributed by atoms with Crippen molar-refractivity contribution < 1.29 is 9.84 Å². The van der Waals surface area contributed by atoms with Gasteiger partial charge in [0.05, 0.1) is 30.2 Å². The zero-order valence-corrected chi connectivity index (χ0v) is 17.4. The maximum absolute atomic E-state index is 10.1. The van der Waals surface area contributed by atoms with E-state index in [-0.39, 0.29) is 0 Å². The molecule has 0 aromatic carbocycles. The van der Waals surface area contributed by atoms with E-state index < -0.39 is 5.60 Å². The Morgan fingerprint density at radius 1 is 1.17 bits per heavy atom. The summed E-state index contributed by atoms with van der Waals surface area (Å²) in [5.74, 6) is 1.61. The lowest BCUT2D eigenvalue weighted by Crippen LogP contribution is -2.43. The molecule has 0 atom stereocenters. The van der Waals surface area contributed by atoms with Crippen LogP contribution in [-0.2, 0) is 10.3 Å². The molecule has 29 heavy (non-hydrogen) atoms. The maximum atomic E-state index is 10.1. The summed E-state index contributed by atoms with van der Waals surface area (Å²) in [6, 6.07) is 4.11. The number of aliphatic hydroxyl groups is 1. The van der Waals surface area contributed by atoms with Crippen molar-refractivity contribution in [2.75, 3.05) is 23.9 Å². The Bertz CT molecular complexity index is 883. The summed E-state index contributed by atoms with van der Waals surface area (Å²) < 4.78 is 5.53. The fourth-order valence-electron chi connectivity index (χ4n) is 4.11. The normalized spacial score (nSPS) is 22.2. The molecule has 1 saturated carbocycles. The van der Waals surface area contributed by atoms with Crippen molar-refractivity contribution in [2.24, 2.45) is 0 Å². The summed E-state index contributed by atoms with van der Waals surface area (Å²) in [4.78, 5) is 16.2. The van der Waals surface area contributed by atoms with Crippen LogP contribution in [0.3, 0.4) is 0 Å². The smallest absolute Gasteiger partial charge is 0.176 e. The van der Waals surface area contributed by atoms with E-state index in [9.17, 15) is 5.11 Å². The third kappa shape index (κ3) is 3.97. The number of aromatic nitrogens is 3. The number of ether oxygens (including phenoxy) is 1. The first-order chi connectivity index (χ1) is 13.9. The first-order valence-electron chi connectivity index (χ1n) is 10.2. The second-order valence-electron chi connectivity index (χ2n) is 8.37. The molecule has 4 rings (SSSR count). The van der Waals surface area contributed by atoms with Crippen LogP contribution in [0, 0.1) is 0 Å². The van der Waals surface area contributed by atoms with Crippen LogP contribution in [0.4, 0.5) is 11.6 Å². The van der Waals surface area contributed by atoms with Gasteiger partial charge in [-0.05, 0) is 51.7 Å². The van der Waals surface area contributed by atoms with Crippen LogP contribution in [0.25, 0.3) is 11.3 Å². The fraction of sp³-hybridized carbons (Fsp3) is 0.500. The molecule has 0 bridgehead atoms. The van der Waals surface area contributed by atoms with Gasteiger partial charge in [-0.1, -0.05) is 6.58 Å². The van der Waals surface area contributed by atoms with Gasteiger partial charge in [0.15, 0.2) is 11.6 Å². The van der Waals surface area contributed by atoms with E-state index in [2.05, 4.69) is 26.8 Å². The molecular weight excluding hydrogens is 371 g/mol. The van der Waals surface area contributed by atoms with Crippen molar-refractivity contribution in [3.05, 3.63) is 42.5 Å². The Kier molecular flexibility index (Phi) is 5.27. The highest BCUT2D eigenvalue weighted by atomic mass is 16.5. The molecule has 1 fully saturated rings. The molecular formula is C22H29N5O2. The summed E-state index contributed by atoms with van der Waals surface area (Å²) in [5.41, 5.74) is 2.29. The number of fused-ring (bicyclic) bond motifs is 1. The van der Waals surface area contributed by atoms with Gasteiger partial charge in [-0.25, -0.2) is 9.97 Å². The molecule has 1 aliphatic heterocycles. The van der Waals surface area contributed by atoms with Gasteiger partial charge in [-0.15, -0.1) is 0 Å². The molecule has 2 aromatic heterocycles. The average molecular weight is 400 g/mol. The van der Waals surface area contributed by atoms with E-state index in [1.54, 1.807) is 33.4 Å². The molecule has 0 radical (unpaired) electrons. The molecule has 1 aliphatic carbocycles. The number of pyridine rings is 1. The molecule has 0 spiro atoms. The minimum absolute atomic E-state index is 0.347. The summed E-state index contributed by atoms with van der Waals surface area (Å²) >= 11 is 0. The van der Waals surface area contributed by atoms with Crippen molar-refractivity contribution in [3.8, 4) is 11.3 Å². The zero-order chi connectivity index (χ0) is 20.6. The number of methoxy groups -OCH3 is 1. The van der Waals surface area contributed by atoms with Gasteiger partial charge in [0, 0.05) is 30.6 Å². The second kappa shape index (κ2) is 7.72. The van der Waals surface area contributed by atoms with E-state index >= 15 is 0 Å². The van der Waals surface area contributed by atoms with Gasteiger partial charge in [0.25, 0.3) is 0 Å². The lowest BCUT2D eigenvalue weighted by Gasteiger charge is -2.41. The van der Waals surface area contributed by atoms with E-state index in [4.69, 9.17) is 9.72 Å². The van der Waals surface area contributed by atoms with Gasteiger partial charge < -0.3 is 20.1 Å². The Balaban J connectivity index is 1.64. The molecule has 3 heterocycles. The molecule has 2 aliphatic rings. The minimum atomic E-state index is -0.973. The number of hydrogen-bond acceptors (Lipinski definition) is 7. The number of anilines is 2. The number of nitrogens with one attached hydrogen (secondary N) is 1. The minimum Gasteiger partial charge on any atom is -0.384 e. The number of hydrogen-bond donors (Lipinski definition) is 2. The van der Waals surface area contributed by atoms with Crippen LogP contribution in [0.2, 0.25) is 0 Å². The van der Waals surface area contributed by atoms with Gasteiger partial charge in [-0.2, -0.15) is 0 Å². The number of nitrogens with zero attached hydrogens (tertiary/aromatic N) is 4. The lowest BCUT2D eigenvalue weighted by molar-refractivity contribution is 0.0660. The third-order valence-electron chi connectivity index (χ3n) is 5.81. The highest BCUT2D eigenvalue weighted by molar-refractivity contribution is 5.72. The second-order valence-corrected chi connectivity index (χ2v) is 8.37. The summed E-state index contributed by atoms with van der Waals surface area (Å²) in [6.07, 6.45) is 8.03. The first kappa shape index (κ1) is 19.8. The van der Waals surface area contributed by atoms with Crippen LogP contribution in [0.1, 0.15) is 45.2 Å². The van der Waals surface area contributed by atoms with Crippen molar-refractivity contribution in [3.63, 3.8) is 0 Å². The highest BCUT2D eigenvalue weighted by Crippen LogP contribution is 2.37. The Morgan fingerprint density at radius 3 is 2.55 bits per heavy atom. The van der Waals surface area contributed by atoms with Crippen LogP contribution in [0.15, 0.2) is 36.8 Å². The highest BCUT2D eigenvalue weighted by Gasteiger charge is 2.32. The molecule has 7 heteroatoms. The third-order valence-corrected chi connectivity index (χ3v) is 5.81. The van der Waals surface area contributed by atoms with Crippen molar-refractivity contribution in [2.45, 2.75) is 57.3 Å². The van der Waals surface area contributed by atoms with Crippen molar-refractivity contribution in [1.82, 2.24) is 15.0 Å². The standard InChI is InChI=1S/C22H29N5O2/c1-14-11-24-20-21(27(14)16-6-8-17(29-4)9-7-16)26-18(13-25-20)15-5-10-19(23-12-15)22(2,3)28/h5,10,12-13,16-17,28H,1,6-9,11H2,2-4H3,(H,24,25)/t16-,17-/i2+1,3+1,11+1,14+1,22+1. The van der Waals surface area contributed by atoms with Crippen LogP contribution in [0.5, 0.6) is 0 Å². The Labute approximate surface area is 171 Å². The molecule has 0 saturated heterocycles. The zero-order valence-electron chi connectivity index (χ0n) is 17.4. The summed E-state index contributed by atoms with van der Waals surface area (Å²) in [6.45, 7) is 8.39. The maximum Gasteiger partial charge on any atom is 0.176 e. The van der Waals surface area contributed by atoms with Gasteiger partial charge >= 0.3 is 0 Å². The van der Waals surface area contributed by atoms with Crippen molar-refractivity contribution in [1.29, 1.82) is 0 Å². The Hall–Kier alpha value is -2.51. The topological polar surface area (TPSA) is 83.4 Å². The van der Waals surface area contributed by atoms with Gasteiger partial charge in [0.2, 0.25) is 0 Å². The fourth-order valence-corrected chi connectivity index (χ4v) is 4.11. The summed E-state index contributed by atoms with van der Waals surface area (Å²) in [5, 5.41) is 13.5. The van der Waals surface area contributed by atoms with Crippen LogP contribution >= 0.6 is 0 Å². The van der Waals surface area contributed by atoms with Crippen LogP contribution in [-0.4, -0.2) is 45.9 Å². The SMILES string of the molecule is C=[13C]1[13CH2]Nc2ncc(-c3ccc([13C]([13CH3])([13CH3])O)nc3)nc2N1[C@H]1CC[C@H](OC)CC1. The molecule has 154 valence electrons. The van der Waals surface area contributed by atoms with E-state index in [1.807, 2.05) is 12.1 Å². The van der Waals surface area contributed by atoms with E-state index in [0.29, 0.717) is 24.4 Å². The predicted octanol–water partition coefficient (Wildman–Crippen LogP) is 3.47. The molecule has 2 N–H and O–H groups in total. The van der Waals surface area contributed by atoms with Crippen LogP contribution < -0.4 is 10.2 Å². The average Bonchev–Trinajstić information content (AvgIpc) is 2.73. The molecule has 0 amide bonds. The first-order valence-corrected chi connectivity index (χ1v) is 10.2. The predicted molar refractivity (Wildman–Crippen MR) is 114 cm³/mol. The molecule has 7 nitrogen and oxygen atoms in total. The molecule has 0 unspecified atom stereocenters. The van der Waals surface area contributed by atoms with Gasteiger partial charge in [-0.3, -0.25) is 4.98 Å². The number of rotatable bonds is 4. The van der Waals surface area contributed by atoms with E-state index in [1.165, 1.54) is 0 Å². The molecule has 2 aromatic rings.